The standard InChI is InChI=1S/C12H19N5O3/c1-2-16(8-11(18)19)12(20)10-7-17(15-14-10)9-3-5-13-6-4-9/h7,9,13H,2-6,8H2,1H3,(H,18,19). The quantitative estimate of drug-likeness (QED) is 0.772. The van der Waals surface area contributed by atoms with Gasteiger partial charge in [-0.3, -0.25) is 9.59 Å². The molecule has 8 heteroatoms. The van der Waals surface area contributed by atoms with E-state index in [9.17, 15) is 9.59 Å². The molecule has 20 heavy (non-hydrogen) atoms. The van der Waals surface area contributed by atoms with Crippen LogP contribution in [0, 0.1) is 0 Å². The molecule has 0 bridgehead atoms. The summed E-state index contributed by atoms with van der Waals surface area (Å²) in [5.41, 5.74) is 0.201. The number of carbonyl (C=O) groups is 2. The van der Waals surface area contributed by atoms with Crippen molar-refractivity contribution in [1.82, 2.24) is 25.2 Å². The minimum Gasteiger partial charge on any atom is -0.480 e. The van der Waals surface area contributed by atoms with Crippen LogP contribution in [0.3, 0.4) is 0 Å². The molecule has 2 N–H and O–H groups in total. The first-order chi connectivity index (χ1) is 9.61. The topological polar surface area (TPSA) is 100 Å². The molecule has 0 atom stereocenters. The van der Waals surface area contributed by atoms with Crippen molar-refractivity contribution in [3.05, 3.63) is 11.9 Å². The van der Waals surface area contributed by atoms with Crippen LogP contribution in [-0.4, -0.2) is 63.1 Å². The average Bonchev–Trinajstić information content (AvgIpc) is 2.94. The smallest absolute Gasteiger partial charge is 0.323 e. The van der Waals surface area contributed by atoms with E-state index >= 15 is 0 Å². The van der Waals surface area contributed by atoms with Gasteiger partial charge in [0.2, 0.25) is 0 Å². The van der Waals surface area contributed by atoms with Crippen molar-refractivity contribution < 1.29 is 14.7 Å². The van der Waals surface area contributed by atoms with Crippen LogP contribution in [0.4, 0.5) is 0 Å². The molecule has 2 rings (SSSR count). The van der Waals surface area contributed by atoms with Crippen LogP contribution < -0.4 is 5.32 Å². The first kappa shape index (κ1) is 14.4. The number of nitrogens with one attached hydrogen (secondary N) is 1. The molecule has 0 spiro atoms. The van der Waals surface area contributed by atoms with Crippen molar-refractivity contribution in [2.45, 2.75) is 25.8 Å². The van der Waals surface area contributed by atoms with Crippen LogP contribution >= 0.6 is 0 Å². The van der Waals surface area contributed by atoms with Crippen molar-refractivity contribution in [1.29, 1.82) is 0 Å². The molecule has 110 valence electrons. The maximum atomic E-state index is 12.1. The third-order valence-corrected chi connectivity index (χ3v) is 3.41. The highest BCUT2D eigenvalue weighted by Gasteiger charge is 2.22. The van der Waals surface area contributed by atoms with Gasteiger partial charge < -0.3 is 15.3 Å². The first-order valence-electron chi connectivity index (χ1n) is 6.75. The van der Waals surface area contributed by atoms with Gasteiger partial charge in [0.15, 0.2) is 5.69 Å². The van der Waals surface area contributed by atoms with E-state index in [1.54, 1.807) is 17.8 Å². The van der Waals surface area contributed by atoms with Gasteiger partial charge in [0.25, 0.3) is 5.91 Å². The van der Waals surface area contributed by atoms with Gasteiger partial charge in [-0.1, -0.05) is 5.21 Å². The third-order valence-electron chi connectivity index (χ3n) is 3.41. The maximum Gasteiger partial charge on any atom is 0.323 e. The summed E-state index contributed by atoms with van der Waals surface area (Å²) in [6.07, 6.45) is 3.51. The number of piperidine rings is 1. The number of carboxylic acids is 1. The summed E-state index contributed by atoms with van der Waals surface area (Å²) in [6.45, 7) is 3.58. The SMILES string of the molecule is CCN(CC(=O)O)C(=O)c1cn(C2CCNCC2)nn1. The van der Waals surface area contributed by atoms with Crippen molar-refractivity contribution in [2.24, 2.45) is 0 Å². The van der Waals surface area contributed by atoms with Crippen molar-refractivity contribution in [2.75, 3.05) is 26.2 Å². The molecule has 1 aliphatic rings. The number of likely N-dealkylation sites (N-methyl/N-ethyl adjacent to an activating group) is 1. The second-order valence-corrected chi connectivity index (χ2v) is 4.78. The van der Waals surface area contributed by atoms with E-state index in [2.05, 4.69) is 15.6 Å². The molecular formula is C12H19N5O3. The predicted molar refractivity (Wildman–Crippen MR) is 70.4 cm³/mol. The summed E-state index contributed by atoms with van der Waals surface area (Å²) < 4.78 is 1.71. The number of aliphatic carboxylic acids is 1. The fourth-order valence-corrected chi connectivity index (χ4v) is 2.28. The lowest BCUT2D eigenvalue weighted by atomic mass is 10.1. The summed E-state index contributed by atoms with van der Waals surface area (Å²) in [5.74, 6) is -1.43. The lowest BCUT2D eigenvalue weighted by molar-refractivity contribution is -0.137. The molecule has 0 aliphatic carbocycles. The molecule has 1 aromatic heterocycles. The summed E-state index contributed by atoms with van der Waals surface area (Å²) in [6, 6.07) is 0.250. The highest BCUT2D eigenvalue weighted by Crippen LogP contribution is 2.17. The van der Waals surface area contributed by atoms with Crippen LogP contribution in [0.25, 0.3) is 0 Å². The van der Waals surface area contributed by atoms with E-state index in [0.29, 0.717) is 6.54 Å². The Morgan fingerprint density at radius 3 is 2.80 bits per heavy atom. The summed E-state index contributed by atoms with van der Waals surface area (Å²) >= 11 is 0. The van der Waals surface area contributed by atoms with Gasteiger partial charge in [-0.25, -0.2) is 4.68 Å². The monoisotopic (exact) mass is 281 g/mol. The van der Waals surface area contributed by atoms with Crippen LogP contribution in [0.1, 0.15) is 36.3 Å². The number of aromatic nitrogens is 3. The molecule has 0 unspecified atom stereocenters. The molecule has 1 aromatic rings. The zero-order valence-corrected chi connectivity index (χ0v) is 11.4. The van der Waals surface area contributed by atoms with E-state index in [4.69, 9.17) is 5.11 Å². The Balaban J connectivity index is 2.06. The lowest BCUT2D eigenvalue weighted by Crippen LogP contribution is -2.35. The van der Waals surface area contributed by atoms with Crippen LogP contribution in [0.15, 0.2) is 6.20 Å². The second kappa shape index (κ2) is 6.47. The zero-order valence-electron chi connectivity index (χ0n) is 11.4. The molecule has 0 radical (unpaired) electrons. The van der Waals surface area contributed by atoms with E-state index in [0.717, 1.165) is 25.9 Å². The van der Waals surface area contributed by atoms with Gasteiger partial charge in [0, 0.05) is 6.54 Å². The number of hydrogen-bond donors (Lipinski definition) is 2. The van der Waals surface area contributed by atoms with Crippen molar-refractivity contribution in [3.63, 3.8) is 0 Å². The third kappa shape index (κ3) is 3.32. The molecule has 1 amide bonds. The average molecular weight is 281 g/mol. The maximum absolute atomic E-state index is 12.1. The zero-order chi connectivity index (χ0) is 14.5. The molecule has 1 aliphatic heterocycles. The van der Waals surface area contributed by atoms with Crippen LogP contribution in [0.5, 0.6) is 0 Å². The van der Waals surface area contributed by atoms with E-state index in [-0.39, 0.29) is 18.3 Å². The van der Waals surface area contributed by atoms with E-state index < -0.39 is 11.9 Å². The van der Waals surface area contributed by atoms with Gasteiger partial charge >= 0.3 is 5.97 Å². The van der Waals surface area contributed by atoms with E-state index in [1.165, 1.54) is 4.90 Å². The predicted octanol–water partition coefficient (Wildman–Crippen LogP) is -0.251. The van der Waals surface area contributed by atoms with Gasteiger partial charge in [0.05, 0.1) is 12.2 Å². The fraction of sp³-hybridized carbons (Fsp3) is 0.667. The molecule has 0 aromatic carbocycles. The number of rotatable bonds is 5. The Morgan fingerprint density at radius 1 is 1.50 bits per heavy atom. The number of hydrogen-bond acceptors (Lipinski definition) is 5. The Hall–Kier alpha value is -1.96. The Labute approximate surface area is 116 Å². The highest BCUT2D eigenvalue weighted by molar-refractivity contribution is 5.93. The van der Waals surface area contributed by atoms with Crippen molar-refractivity contribution in [3.8, 4) is 0 Å². The van der Waals surface area contributed by atoms with Crippen molar-refractivity contribution >= 4 is 11.9 Å². The molecule has 1 saturated heterocycles. The number of carbonyl (C=O) groups excluding carboxylic acids is 1. The summed E-state index contributed by atoms with van der Waals surface area (Å²) in [7, 11) is 0. The van der Waals surface area contributed by atoms with Gasteiger partial charge in [0.1, 0.15) is 6.54 Å². The molecule has 0 saturated carbocycles. The van der Waals surface area contributed by atoms with E-state index in [1.807, 2.05) is 0 Å². The van der Waals surface area contributed by atoms with Gasteiger partial charge in [-0.05, 0) is 32.9 Å². The Morgan fingerprint density at radius 2 is 2.20 bits per heavy atom. The van der Waals surface area contributed by atoms with Crippen LogP contribution in [-0.2, 0) is 4.79 Å². The Kier molecular flexibility index (Phi) is 4.67. The van der Waals surface area contributed by atoms with Crippen LogP contribution in [0.2, 0.25) is 0 Å². The minimum absolute atomic E-state index is 0.201. The molecule has 8 nitrogen and oxygen atoms in total. The molecule has 2 heterocycles. The molecular weight excluding hydrogens is 262 g/mol. The largest absolute Gasteiger partial charge is 0.480 e. The minimum atomic E-state index is -1.04. The van der Waals surface area contributed by atoms with Gasteiger partial charge in [-0.2, -0.15) is 0 Å². The normalized spacial score (nSPS) is 16.1. The Bertz CT molecular complexity index is 481. The summed E-state index contributed by atoms with van der Waals surface area (Å²) in [4.78, 5) is 24.1. The fourth-order valence-electron chi connectivity index (χ4n) is 2.28. The number of amides is 1. The van der Waals surface area contributed by atoms with Gasteiger partial charge in [-0.15, -0.1) is 5.10 Å². The first-order valence-corrected chi connectivity index (χ1v) is 6.75. The lowest BCUT2D eigenvalue weighted by Gasteiger charge is -2.22. The molecule has 1 fully saturated rings. The number of nitrogens with zero attached hydrogens (tertiary/aromatic N) is 4. The second-order valence-electron chi connectivity index (χ2n) is 4.78. The highest BCUT2D eigenvalue weighted by atomic mass is 16.4. The number of carboxylic acid groups (broad SMARTS) is 1. The summed E-state index contributed by atoms with van der Waals surface area (Å²) in [5, 5.41) is 19.9.